The second-order valence-electron chi connectivity index (χ2n) is 4.32. The van der Waals surface area contributed by atoms with Crippen molar-refractivity contribution in [2.75, 3.05) is 17.2 Å². The highest BCUT2D eigenvalue weighted by atomic mass is 35.5. The van der Waals surface area contributed by atoms with Crippen LogP contribution in [0.15, 0.2) is 18.2 Å². The molecule has 0 spiro atoms. The second-order valence-corrected chi connectivity index (χ2v) is 6.98. The quantitative estimate of drug-likeness (QED) is 0.826. The van der Waals surface area contributed by atoms with E-state index in [1.807, 2.05) is 6.07 Å². The van der Waals surface area contributed by atoms with Gasteiger partial charge in [-0.1, -0.05) is 11.6 Å². The molecule has 88 valence electrons. The molecule has 0 radical (unpaired) electrons. The molecule has 0 saturated carbocycles. The van der Waals surface area contributed by atoms with Crippen LogP contribution in [0.5, 0.6) is 0 Å². The molecule has 1 heterocycles. The topological polar surface area (TPSA) is 60.2 Å². The summed E-state index contributed by atoms with van der Waals surface area (Å²) < 4.78 is 22.7. The Morgan fingerprint density at radius 2 is 2.19 bits per heavy atom. The maximum absolute atomic E-state index is 11.3. The molecule has 2 N–H and O–H groups in total. The van der Waals surface area contributed by atoms with Crippen LogP contribution in [-0.4, -0.2) is 19.9 Å². The van der Waals surface area contributed by atoms with Gasteiger partial charge >= 0.3 is 0 Å². The van der Waals surface area contributed by atoms with Crippen LogP contribution in [0.4, 0.5) is 5.69 Å². The van der Waals surface area contributed by atoms with E-state index in [9.17, 15) is 8.42 Å². The Morgan fingerprint density at radius 3 is 2.81 bits per heavy atom. The van der Waals surface area contributed by atoms with Crippen LogP contribution >= 0.6 is 11.6 Å². The number of benzene rings is 1. The Kier molecular flexibility index (Phi) is 3.13. The first-order valence-corrected chi connectivity index (χ1v) is 7.40. The minimum atomic E-state index is -2.81. The highest BCUT2D eigenvalue weighted by Crippen LogP contribution is 2.26. The number of nitrogen functional groups attached to an aromatic ring is 1. The van der Waals surface area contributed by atoms with Gasteiger partial charge in [-0.3, -0.25) is 0 Å². The lowest BCUT2D eigenvalue weighted by Crippen LogP contribution is -2.08. The van der Waals surface area contributed by atoms with E-state index in [1.54, 1.807) is 12.1 Å². The van der Waals surface area contributed by atoms with Gasteiger partial charge in [0, 0.05) is 10.7 Å². The fourth-order valence-corrected chi connectivity index (χ4v) is 4.15. The summed E-state index contributed by atoms with van der Waals surface area (Å²) in [5, 5.41) is 0.644. The van der Waals surface area contributed by atoms with Crippen molar-refractivity contribution < 1.29 is 8.42 Å². The summed E-state index contributed by atoms with van der Waals surface area (Å²) in [6.45, 7) is 0. The number of nitrogens with two attached hydrogens (primary N) is 1. The molecular formula is C11H14ClNO2S. The smallest absolute Gasteiger partial charge is 0.150 e. The summed E-state index contributed by atoms with van der Waals surface area (Å²) in [5.41, 5.74) is 7.47. The number of hydrogen-bond donors (Lipinski definition) is 1. The van der Waals surface area contributed by atoms with Crippen LogP contribution in [0.25, 0.3) is 0 Å². The molecule has 1 aromatic rings. The van der Waals surface area contributed by atoms with Gasteiger partial charge in [0.2, 0.25) is 0 Å². The molecule has 1 unspecified atom stereocenters. The molecule has 2 rings (SSSR count). The van der Waals surface area contributed by atoms with Crippen LogP contribution in [0, 0.1) is 5.92 Å². The molecule has 1 saturated heterocycles. The minimum absolute atomic E-state index is 0.186. The van der Waals surface area contributed by atoms with Crippen LogP contribution in [0.3, 0.4) is 0 Å². The predicted molar refractivity (Wildman–Crippen MR) is 66.3 cm³/mol. The SMILES string of the molecule is Nc1ccc(Cl)cc1CC1CCS(=O)(=O)C1. The first-order valence-electron chi connectivity index (χ1n) is 5.20. The standard InChI is InChI=1S/C11H14ClNO2S/c12-10-1-2-11(13)9(6-10)5-8-3-4-16(14,15)7-8/h1-2,6,8H,3-5,7,13H2. The third-order valence-corrected chi connectivity index (χ3v) is 5.01. The van der Waals surface area contributed by atoms with Crippen molar-refractivity contribution in [3.8, 4) is 0 Å². The molecular weight excluding hydrogens is 246 g/mol. The molecule has 0 bridgehead atoms. The Hall–Kier alpha value is -0.740. The van der Waals surface area contributed by atoms with Gasteiger partial charge in [-0.05, 0) is 42.5 Å². The first kappa shape index (κ1) is 11.7. The third-order valence-electron chi connectivity index (χ3n) is 2.94. The lowest BCUT2D eigenvalue weighted by molar-refractivity contribution is 0.584. The third kappa shape index (κ3) is 2.68. The summed E-state index contributed by atoms with van der Waals surface area (Å²) in [5.74, 6) is 0.766. The molecule has 1 aliphatic heterocycles. The zero-order valence-electron chi connectivity index (χ0n) is 8.82. The van der Waals surface area contributed by atoms with Crippen molar-refractivity contribution in [3.05, 3.63) is 28.8 Å². The second kappa shape index (κ2) is 4.26. The van der Waals surface area contributed by atoms with Gasteiger partial charge in [0.05, 0.1) is 11.5 Å². The van der Waals surface area contributed by atoms with Crippen molar-refractivity contribution >= 4 is 27.1 Å². The monoisotopic (exact) mass is 259 g/mol. The zero-order chi connectivity index (χ0) is 11.8. The predicted octanol–water partition coefficient (Wildman–Crippen LogP) is 1.90. The summed E-state index contributed by atoms with van der Waals surface area (Å²) in [4.78, 5) is 0. The molecule has 0 aliphatic carbocycles. The van der Waals surface area contributed by atoms with E-state index >= 15 is 0 Å². The van der Waals surface area contributed by atoms with Crippen molar-refractivity contribution in [3.63, 3.8) is 0 Å². The van der Waals surface area contributed by atoms with Gasteiger partial charge in [-0.15, -0.1) is 0 Å². The molecule has 1 aliphatic rings. The average Bonchev–Trinajstić information content (AvgIpc) is 2.52. The molecule has 1 atom stereocenters. The number of rotatable bonds is 2. The largest absolute Gasteiger partial charge is 0.399 e. The van der Waals surface area contributed by atoms with Gasteiger partial charge in [-0.25, -0.2) is 8.42 Å². The van der Waals surface area contributed by atoms with E-state index in [2.05, 4.69) is 0 Å². The number of halogens is 1. The normalized spacial score (nSPS) is 23.4. The summed E-state index contributed by atoms with van der Waals surface area (Å²) >= 11 is 5.88. The molecule has 16 heavy (non-hydrogen) atoms. The van der Waals surface area contributed by atoms with Gasteiger partial charge in [0.15, 0.2) is 9.84 Å². The van der Waals surface area contributed by atoms with Crippen molar-refractivity contribution in [1.82, 2.24) is 0 Å². The van der Waals surface area contributed by atoms with Crippen molar-refractivity contribution in [2.45, 2.75) is 12.8 Å². The van der Waals surface area contributed by atoms with E-state index in [4.69, 9.17) is 17.3 Å². The minimum Gasteiger partial charge on any atom is -0.399 e. The van der Waals surface area contributed by atoms with Crippen molar-refractivity contribution in [1.29, 1.82) is 0 Å². The first-order chi connectivity index (χ1) is 7.46. The number of sulfone groups is 1. The highest BCUT2D eigenvalue weighted by Gasteiger charge is 2.28. The van der Waals surface area contributed by atoms with Crippen molar-refractivity contribution in [2.24, 2.45) is 5.92 Å². The van der Waals surface area contributed by atoms with Crippen LogP contribution < -0.4 is 5.73 Å². The Bertz CT molecular complexity index is 499. The summed E-state index contributed by atoms with van der Waals surface area (Å²) in [7, 11) is -2.81. The lowest BCUT2D eigenvalue weighted by Gasteiger charge is -2.10. The molecule has 0 aromatic heterocycles. The van der Waals surface area contributed by atoms with E-state index in [-0.39, 0.29) is 11.7 Å². The number of hydrogen-bond acceptors (Lipinski definition) is 3. The average molecular weight is 260 g/mol. The maximum Gasteiger partial charge on any atom is 0.150 e. The van der Waals surface area contributed by atoms with Gasteiger partial charge in [0.25, 0.3) is 0 Å². The van der Waals surface area contributed by atoms with Gasteiger partial charge in [-0.2, -0.15) is 0 Å². The van der Waals surface area contributed by atoms with Crippen LogP contribution in [0.1, 0.15) is 12.0 Å². The van der Waals surface area contributed by atoms with E-state index in [0.717, 1.165) is 12.0 Å². The van der Waals surface area contributed by atoms with Gasteiger partial charge < -0.3 is 5.73 Å². The van der Waals surface area contributed by atoms with Crippen LogP contribution in [0.2, 0.25) is 5.02 Å². The van der Waals surface area contributed by atoms with E-state index in [0.29, 0.717) is 22.9 Å². The van der Waals surface area contributed by atoms with E-state index in [1.165, 1.54) is 0 Å². The lowest BCUT2D eigenvalue weighted by atomic mass is 9.98. The molecule has 0 amide bonds. The van der Waals surface area contributed by atoms with Gasteiger partial charge in [0.1, 0.15) is 0 Å². The molecule has 1 fully saturated rings. The fourth-order valence-electron chi connectivity index (χ4n) is 2.10. The Labute approximate surface area is 101 Å². The van der Waals surface area contributed by atoms with E-state index < -0.39 is 9.84 Å². The molecule has 1 aromatic carbocycles. The molecule has 5 heteroatoms. The summed E-state index contributed by atoms with van der Waals surface area (Å²) in [6, 6.07) is 5.33. The number of anilines is 1. The Morgan fingerprint density at radius 1 is 1.44 bits per heavy atom. The Balaban J connectivity index is 2.13. The molecule has 3 nitrogen and oxygen atoms in total. The summed E-state index contributed by atoms with van der Waals surface area (Å²) in [6.07, 6.45) is 1.43. The highest BCUT2D eigenvalue weighted by molar-refractivity contribution is 7.91. The fraction of sp³-hybridized carbons (Fsp3) is 0.455. The zero-order valence-corrected chi connectivity index (χ0v) is 10.4. The van der Waals surface area contributed by atoms with Crippen LogP contribution in [-0.2, 0) is 16.3 Å². The maximum atomic E-state index is 11.3.